The molecule has 0 aliphatic heterocycles. The lowest BCUT2D eigenvalue weighted by Crippen LogP contribution is -2.37. The normalized spacial score (nSPS) is 15.2. The van der Waals surface area contributed by atoms with Crippen LogP contribution in [0.1, 0.15) is 31.5 Å². The van der Waals surface area contributed by atoms with Gasteiger partial charge < -0.3 is 10.6 Å². The van der Waals surface area contributed by atoms with Crippen LogP contribution in [0.4, 0.5) is 5.82 Å². The quantitative estimate of drug-likeness (QED) is 0.812. The van der Waals surface area contributed by atoms with Crippen molar-refractivity contribution in [2.75, 3.05) is 11.9 Å². The average Bonchev–Trinajstić information content (AvgIpc) is 2.78. The third-order valence-electron chi connectivity index (χ3n) is 2.97. The van der Waals surface area contributed by atoms with Gasteiger partial charge in [-0.2, -0.15) is 0 Å². The lowest BCUT2D eigenvalue weighted by molar-refractivity contribution is -0.121. The minimum absolute atomic E-state index is 0.00198. The van der Waals surface area contributed by atoms with Crippen molar-refractivity contribution in [3.8, 4) is 0 Å². The SMILES string of the molecule is CCNC(=O)C(C)Nc1ncnc2c1CCC2. The second kappa shape index (κ2) is 5.12. The molecule has 0 fully saturated rings. The number of aryl methyl sites for hydroxylation is 1. The Morgan fingerprint density at radius 1 is 1.47 bits per heavy atom. The topological polar surface area (TPSA) is 66.9 Å². The highest BCUT2D eigenvalue weighted by molar-refractivity contribution is 5.84. The van der Waals surface area contributed by atoms with E-state index in [1.54, 1.807) is 6.33 Å². The first kappa shape index (κ1) is 11.8. The maximum atomic E-state index is 11.6. The molecular formula is C12H18N4O. The molecule has 0 saturated heterocycles. The predicted octanol–water partition coefficient (Wildman–Crippen LogP) is 0.902. The van der Waals surface area contributed by atoms with E-state index in [1.807, 2.05) is 13.8 Å². The van der Waals surface area contributed by atoms with E-state index < -0.39 is 0 Å². The van der Waals surface area contributed by atoms with E-state index in [9.17, 15) is 4.79 Å². The summed E-state index contributed by atoms with van der Waals surface area (Å²) in [7, 11) is 0. The van der Waals surface area contributed by atoms with Gasteiger partial charge in [0.1, 0.15) is 18.2 Å². The Morgan fingerprint density at radius 3 is 3.06 bits per heavy atom. The van der Waals surface area contributed by atoms with Crippen LogP contribution in [0.25, 0.3) is 0 Å². The number of hydrogen-bond donors (Lipinski definition) is 2. The van der Waals surface area contributed by atoms with Gasteiger partial charge >= 0.3 is 0 Å². The van der Waals surface area contributed by atoms with Crippen molar-refractivity contribution in [1.82, 2.24) is 15.3 Å². The van der Waals surface area contributed by atoms with Gasteiger partial charge in [0.25, 0.3) is 0 Å². The summed E-state index contributed by atoms with van der Waals surface area (Å²) in [4.78, 5) is 20.1. The molecule has 5 nitrogen and oxygen atoms in total. The number of anilines is 1. The highest BCUT2D eigenvalue weighted by Gasteiger charge is 2.19. The van der Waals surface area contributed by atoms with Crippen LogP contribution in [-0.2, 0) is 17.6 Å². The van der Waals surface area contributed by atoms with Gasteiger partial charge in [-0.15, -0.1) is 0 Å². The number of amides is 1. The van der Waals surface area contributed by atoms with Gasteiger partial charge in [0.2, 0.25) is 5.91 Å². The van der Waals surface area contributed by atoms with Crippen molar-refractivity contribution in [1.29, 1.82) is 0 Å². The molecule has 1 unspecified atom stereocenters. The zero-order valence-electron chi connectivity index (χ0n) is 10.3. The van der Waals surface area contributed by atoms with Gasteiger partial charge in [-0.25, -0.2) is 9.97 Å². The first-order valence-electron chi connectivity index (χ1n) is 6.09. The number of rotatable bonds is 4. The van der Waals surface area contributed by atoms with E-state index in [1.165, 1.54) is 5.56 Å². The Hall–Kier alpha value is -1.65. The Labute approximate surface area is 101 Å². The fourth-order valence-electron chi connectivity index (χ4n) is 2.08. The fraction of sp³-hybridized carbons (Fsp3) is 0.583. The number of carbonyl (C=O) groups is 1. The van der Waals surface area contributed by atoms with Crippen LogP contribution >= 0.6 is 0 Å². The van der Waals surface area contributed by atoms with E-state index in [-0.39, 0.29) is 11.9 Å². The Kier molecular flexibility index (Phi) is 3.56. The summed E-state index contributed by atoms with van der Waals surface area (Å²) >= 11 is 0. The van der Waals surface area contributed by atoms with Crippen LogP contribution in [0.5, 0.6) is 0 Å². The van der Waals surface area contributed by atoms with Crippen molar-refractivity contribution in [2.45, 2.75) is 39.2 Å². The van der Waals surface area contributed by atoms with Crippen LogP contribution in [-0.4, -0.2) is 28.5 Å². The number of fused-ring (bicyclic) bond motifs is 1. The standard InChI is InChI=1S/C12H18N4O/c1-3-13-12(17)8(2)16-11-9-5-4-6-10(9)14-7-15-11/h7-8H,3-6H2,1-2H3,(H,13,17)(H,14,15,16). The van der Waals surface area contributed by atoms with Crippen LogP contribution in [0.15, 0.2) is 6.33 Å². The van der Waals surface area contributed by atoms with Gasteiger partial charge in [0.05, 0.1) is 0 Å². The largest absolute Gasteiger partial charge is 0.358 e. The van der Waals surface area contributed by atoms with Crippen molar-refractivity contribution in [3.05, 3.63) is 17.6 Å². The van der Waals surface area contributed by atoms with Gasteiger partial charge in [-0.05, 0) is 33.1 Å². The third-order valence-corrected chi connectivity index (χ3v) is 2.97. The molecule has 1 aromatic heterocycles. The summed E-state index contributed by atoms with van der Waals surface area (Å²) in [5, 5.41) is 5.95. The van der Waals surface area contributed by atoms with Crippen LogP contribution in [0.2, 0.25) is 0 Å². The second-order valence-corrected chi connectivity index (χ2v) is 4.26. The molecule has 0 bridgehead atoms. The summed E-state index contributed by atoms with van der Waals surface area (Å²) in [6, 6.07) is -0.269. The lowest BCUT2D eigenvalue weighted by atomic mass is 10.2. The van der Waals surface area contributed by atoms with Crippen molar-refractivity contribution < 1.29 is 4.79 Å². The van der Waals surface area contributed by atoms with Gasteiger partial charge in [-0.1, -0.05) is 0 Å². The molecule has 0 spiro atoms. The smallest absolute Gasteiger partial charge is 0.242 e. The van der Waals surface area contributed by atoms with Gasteiger partial charge in [0.15, 0.2) is 0 Å². The molecule has 1 aromatic rings. The summed E-state index contributed by atoms with van der Waals surface area (Å²) < 4.78 is 0. The Balaban J connectivity index is 2.09. The molecule has 1 atom stereocenters. The van der Waals surface area contributed by atoms with E-state index in [4.69, 9.17) is 0 Å². The number of aromatic nitrogens is 2. The average molecular weight is 234 g/mol. The summed E-state index contributed by atoms with van der Waals surface area (Å²) in [5.74, 6) is 0.809. The molecule has 1 aliphatic rings. The maximum absolute atomic E-state index is 11.6. The summed E-state index contributed by atoms with van der Waals surface area (Å²) in [5.41, 5.74) is 2.29. The highest BCUT2D eigenvalue weighted by atomic mass is 16.2. The van der Waals surface area contributed by atoms with Gasteiger partial charge in [-0.3, -0.25) is 4.79 Å². The van der Waals surface area contributed by atoms with E-state index in [0.29, 0.717) is 6.54 Å². The summed E-state index contributed by atoms with van der Waals surface area (Å²) in [6.45, 7) is 4.40. The van der Waals surface area contributed by atoms with Crippen LogP contribution < -0.4 is 10.6 Å². The molecule has 2 rings (SSSR count). The molecule has 0 radical (unpaired) electrons. The molecule has 5 heteroatoms. The third kappa shape index (κ3) is 2.54. The van der Waals surface area contributed by atoms with Crippen molar-refractivity contribution in [2.24, 2.45) is 0 Å². The number of nitrogens with zero attached hydrogens (tertiary/aromatic N) is 2. The predicted molar refractivity (Wildman–Crippen MR) is 65.8 cm³/mol. The van der Waals surface area contributed by atoms with E-state index >= 15 is 0 Å². The molecule has 1 amide bonds. The zero-order chi connectivity index (χ0) is 12.3. The second-order valence-electron chi connectivity index (χ2n) is 4.26. The first-order chi connectivity index (χ1) is 8.22. The highest BCUT2D eigenvalue weighted by Crippen LogP contribution is 2.25. The Bertz CT molecular complexity index is 419. The van der Waals surface area contributed by atoms with Crippen LogP contribution in [0.3, 0.4) is 0 Å². The molecule has 0 saturated carbocycles. The van der Waals surface area contributed by atoms with Crippen molar-refractivity contribution in [3.63, 3.8) is 0 Å². The van der Waals surface area contributed by atoms with Gasteiger partial charge in [0, 0.05) is 17.8 Å². The first-order valence-corrected chi connectivity index (χ1v) is 6.09. The molecule has 17 heavy (non-hydrogen) atoms. The van der Waals surface area contributed by atoms with E-state index in [0.717, 1.165) is 30.8 Å². The maximum Gasteiger partial charge on any atom is 0.242 e. The zero-order valence-corrected chi connectivity index (χ0v) is 10.3. The number of likely N-dealkylation sites (N-methyl/N-ethyl adjacent to an activating group) is 1. The minimum Gasteiger partial charge on any atom is -0.358 e. The Morgan fingerprint density at radius 2 is 2.29 bits per heavy atom. The molecule has 0 aromatic carbocycles. The molecule has 92 valence electrons. The lowest BCUT2D eigenvalue weighted by Gasteiger charge is -2.15. The molecule has 1 aliphatic carbocycles. The number of carbonyl (C=O) groups excluding carboxylic acids is 1. The van der Waals surface area contributed by atoms with E-state index in [2.05, 4.69) is 20.6 Å². The monoisotopic (exact) mass is 234 g/mol. The van der Waals surface area contributed by atoms with Crippen molar-refractivity contribution >= 4 is 11.7 Å². The number of hydrogen-bond acceptors (Lipinski definition) is 4. The molecular weight excluding hydrogens is 216 g/mol. The number of nitrogens with one attached hydrogen (secondary N) is 2. The minimum atomic E-state index is -0.269. The summed E-state index contributed by atoms with van der Waals surface area (Å²) in [6.07, 6.45) is 4.71. The molecule has 2 N–H and O–H groups in total. The fourth-order valence-corrected chi connectivity index (χ4v) is 2.08. The van der Waals surface area contributed by atoms with Crippen LogP contribution in [0, 0.1) is 0 Å². The molecule has 1 heterocycles.